The minimum atomic E-state index is 0.950. The summed E-state index contributed by atoms with van der Waals surface area (Å²) >= 11 is 0. The number of para-hydroxylation sites is 5. The Labute approximate surface area is 224 Å². The van der Waals surface area contributed by atoms with Crippen molar-refractivity contribution in [2.45, 2.75) is 12.8 Å². The highest BCUT2D eigenvalue weighted by Crippen LogP contribution is 2.42. The van der Waals surface area contributed by atoms with Gasteiger partial charge in [-0.3, -0.25) is 0 Å². The van der Waals surface area contributed by atoms with Crippen LogP contribution < -0.4 is 0 Å². The highest BCUT2D eigenvalue weighted by molar-refractivity contribution is 6.16. The molecule has 0 fully saturated rings. The summed E-state index contributed by atoms with van der Waals surface area (Å²) in [6, 6.07) is 41.4. The summed E-state index contributed by atoms with van der Waals surface area (Å²) in [5, 5.41) is 6.32. The molecule has 0 aliphatic heterocycles. The van der Waals surface area contributed by atoms with Crippen molar-refractivity contribution in [1.29, 1.82) is 0 Å². The largest absolute Gasteiger partial charge is 0.456 e. The number of furan rings is 1. The molecule has 1 aliphatic rings. The van der Waals surface area contributed by atoms with E-state index in [1.165, 1.54) is 65.9 Å². The van der Waals surface area contributed by atoms with Crippen molar-refractivity contribution in [2.75, 3.05) is 0 Å². The van der Waals surface area contributed by atoms with Gasteiger partial charge in [-0.2, -0.15) is 0 Å². The summed E-state index contributed by atoms with van der Waals surface area (Å²) in [5.41, 5.74) is 9.65. The third-order valence-corrected chi connectivity index (χ3v) is 8.44. The number of aryl methyl sites for hydroxylation is 1. The van der Waals surface area contributed by atoms with Gasteiger partial charge in [-0.05, 0) is 43.2 Å². The van der Waals surface area contributed by atoms with E-state index in [4.69, 9.17) is 4.42 Å². The maximum atomic E-state index is 6.37. The fraction of sp³-hybridized carbons (Fsp3) is 0.0556. The molecule has 3 aromatic heterocycles. The molecule has 8 aromatic rings. The highest BCUT2D eigenvalue weighted by atomic mass is 16.3. The fourth-order valence-electron chi connectivity index (χ4n) is 6.81. The Hall–Kier alpha value is -5.02. The third-order valence-electron chi connectivity index (χ3n) is 8.44. The van der Waals surface area contributed by atoms with Crippen LogP contribution in [0, 0.1) is 0 Å². The average molecular weight is 501 g/mol. The zero-order chi connectivity index (χ0) is 25.5. The number of benzene rings is 5. The number of allylic oxidation sites excluding steroid dienone is 1. The topological polar surface area (TPSA) is 23.0 Å². The predicted molar refractivity (Wildman–Crippen MR) is 162 cm³/mol. The SMILES string of the molecule is C1=C(n2c3ccccc3c3cccc(-n4c5ccccc5c5ccccc54)c32)CCc2c1oc1ccccc21. The molecule has 3 heterocycles. The van der Waals surface area contributed by atoms with Crippen LogP contribution in [0.3, 0.4) is 0 Å². The monoisotopic (exact) mass is 500 g/mol. The molecule has 5 aromatic carbocycles. The second-order valence-corrected chi connectivity index (χ2v) is 10.5. The zero-order valence-corrected chi connectivity index (χ0v) is 21.3. The summed E-state index contributed by atoms with van der Waals surface area (Å²) in [7, 11) is 0. The molecule has 0 atom stereocenters. The molecule has 0 saturated carbocycles. The molecule has 39 heavy (non-hydrogen) atoms. The quantitative estimate of drug-likeness (QED) is 0.232. The Balaban J connectivity index is 1.41. The Bertz CT molecular complexity index is 2240. The molecule has 0 amide bonds. The van der Waals surface area contributed by atoms with Crippen molar-refractivity contribution in [3.05, 3.63) is 127 Å². The first-order chi connectivity index (χ1) is 19.4. The lowest BCUT2D eigenvalue weighted by atomic mass is 9.98. The molecule has 0 spiro atoms. The number of hydrogen-bond acceptors (Lipinski definition) is 1. The summed E-state index contributed by atoms with van der Waals surface area (Å²) in [4.78, 5) is 0. The number of rotatable bonds is 2. The number of aromatic nitrogens is 2. The van der Waals surface area contributed by atoms with Gasteiger partial charge in [-0.25, -0.2) is 0 Å². The van der Waals surface area contributed by atoms with Crippen LogP contribution in [0.15, 0.2) is 120 Å². The second-order valence-electron chi connectivity index (χ2n) is 10.5. The van der Waals surface area contributed by atoms with E-state index in [2.05, 4.69) is 124 Å². The molecule has 0 saturated heterocycles. The van der Waals surface area contributed by atoms with Gasteiger partial charge in [0.05, 0.1) is 27.8 Å². The standard InChI is InChI=1S/C36H24N2O/c1-6-16-31-24(10-1)25-11-2-7-17-32(25)38(31)33-18-9-14-29-26-12-3-5-15-30(26)37(36(29)33)23-20-21-28-27-13-4-8-19-34(27)39-35(28)22-23/h1-19,22H,20-21H2. The van der Waals surface area contributed by atoms with Gasteiger partial charge in [-0.15, -0.1) is 0 Å². The number of nitrogens with zero attached hydrogens (tertiary/aromatic N) is 2. The number of hydrogen-bond donors (Lipinski definition) is 0. The second kappa shape index (κ2) is 7.75. The minimum absolute atomic E-state index is 0.950. The van der Waals surface area contributed by atoms with E-state index in [9.17, 15) is 0 Å². The van der Waals surface area contributed by atoms with Gasteiger partial charge in [0.2, 0.25) is 0 Å². The Morgan fingerprint density at radius 3 is 1.77 bits per heavy atom. The van der Waals surface area contributed by atoms with E-state index in [-0.39, 0.29) is 0 Å². The van der Waals surface area contributed by atoms with E-state index in [0.717, 1.165) is 24.2 Å². The maximum Gasteiger partial charge on any atom is 0.135 e. The van der Waals surface area contributed by atoms with E-state index < -0.39 is 0 Å². The minimum Gasteiger partial charge on any atom is -0.456 e. The van der Waals surface area contributed by atoms with Gasteiger partial charge in [0.25, 0.3) is 0 Å². The molecular weight excluding hydrogens is 476 g/mol. The van der Waals surface area contributed by atoms with E-state index >= 15 is 0 Å². The average Bonchev–Trinajstić information content (AvgIpc) is 3.64. The Kier molecular flexibility index (Phi) is 4.17. The van der Waals surface area contributed by atoms with Crippen LogP contribution >= 0.6 is 0 Å². The summed E-state index contributed by atoms with van der Waals surface area (Å²) in [6.45, 7) is 0. The van der Waals surface area contributed by atoms with Gasteiger partial charge in [-0.1, -0.05) is 84.9 Å². The van der Waals surface area contributed by atoms with Crippen molar-refractivity contribution in [2.24, 2.45) is 0 Å². The molecular formula is C36H24N2O. The van der Waals surface area contributed by atoms with Crippen molar-refractivity contribution >= 4 is 66.4 Å². The van der Waals surface area contributed by atoms with Gasteiger partial charge < -0.3 is 13.6 Å². The van der Waals surface area contributed by atoms with Gasteiger partial charge in [0.1, 0.15) is 11.3 Å². The van der Waals surface area contributed by atoms with Gasteiger partial charge >= 0.3 is 0 Å². The molecule has 0 N–H and O–H groups in total. The van der Waals surface area contributed by atoms with Crippen LogP contribution in [0.5, 0.6) is 0 Å². The van der Waals surface area contributed by atoms with Crippen LogP contribution in [0.2, 0.25) is 0 Å². The summed E-state index contributed by atoms with van der Waals surface area (Å²) in [5.74, 6) is 0.984. The lowest BCUT2D eigenvalue weighted by Gasteiger charge is -2.19. The normalized spacial score (nSPS) is 13.6. The highest BCUT2D eigenvalue weighted by Gasteiger charge is 2.24. The molecule has 3 nitrogen and oxygen atoms in total. The first-order valence-electron chi connectivity index (χ1n) is 13.6. The lowest BCUT2D eigenvalue weighted by Crippen LogP contribution is -2.05. The van der Waals surface area contributed by atoms with Crippen LogP contribution in [-0.2, 0) is 6.42 Å². The Morgan fingerprint density at radius 1 is 0.487 bits per heavy atom. The van der Waals surface area contributed by atoms with E-state index in [1.807, 2.05) is 6.07 Å². The molecule has 184 valence electrons. The first-order valence-corrected chi connectivity index (χ1v) is 13.6. The van der Waals surface area contributed by atoms with Crippen molar-refractivity contribution in [1.82, 2.24) is 9.13 Å². The van der Waals surface area contributed by atoms with Crippen molar-refractivity contribution < 1.29 is 4.42 Å². The molecule has 0 bridgehead atoms. The third kappa shape index (κ3) is 2.82. The number of fused-ring (bicyclic) bond motifs is 9. The smallest absolute Gasteiger partial charge is 0.135 e. The van der Waals surface area contributed by atoms with Crippen LogP contribution in [0.25, 0.3) is 72.0 Å². The molecule has 3 heteroatoms. The fourth-order valence-corrected chi connectivity index (χ4v) is 6.81. The van der Waals surface area contributed by atoms with Crippen molar-refractivity contribution in [3.8, 4) is 5.69 Å². The first kappa shape index (κ1) is 21.0. The predicted octanol–water partition coefficient (Wildman–Crippen LogP) is 9.58. The molecule has 1 aliphatic carbocycles. The van der Waals surface area contributed by atoms with E-state index in [1.54, 1.807) is 0 Å². The van der Waals surface area contributed by atoms with Crippen LogP contribution in [0.4, 0.5) is 0 Å². The molecule has 9 rings (SSSR count). The summed E-state index contributed by atoms with van der Waals surface area (Å²) < 4.78 is 11.3. The van der Waals surface area contributed by atoms with Crippen molar-refractivity contribution in [3.63, 3.8) is 0 Å². The van der Waals surface area contributed by atoms with Crippen LogP contribution in [-0.4, -0.2) is 9.13 Å². The maximum absolute atomic E-state index is 6.37. The Morgan fingerprint density at radius 2 is 1.05 bits per heavy atom. The zero-order valence-electron chi connectivity index (χ0n) is 21.3. The summed E-state index contributed by atoms with van der Waals surface area (Å²) in [6.07, 6.45) is 4.18. The molecule has 0 unspecified atom stereocenters. The molecule has 0 radical (unpaired) electrons. The van der Waals surface area contributed by atoms with E-state index in [0.29, 0.717) is 0 Å². The lowest BCUT2D eigenvalue weighted by molar-refractivity contribution is 0.595. The van der Waals surface area contributed by atoms with Gasteiger partial charge in [0, 0.05) is 44.3 Å². The van der Waals surface area contributed by atoms with Crippen LogP contribution in [0.1, 0.15) is 17.7 Å². The van der Waals surface area contributed by atoms with Gasteiger partial charge in [0.15, 0.2) is 0 Å².